The first-order chi connectivity index (χ1) is 10.9. The average molecular weight is 333 g/mol. The Bertz CT molecular complexity index is 757. The van der Waals surface area contributed by atoms with Crippen LogP contribution in [0.2, 0.25) is 0 Å². The predicted molar refractivity (Wildman–Crippen MR) is 87.3 cm³/mol. The highest BCUT2D eigenvalue weighted by atomic mass is 32.2. The minimum atomic E-state index is -0.325. The van der Waals surface area contributed by atoms with Gasteiger partial charge < -0.3 is 0 Å². The molecule has 1 fully saturated rings. The SMILES string of the molecule is CC(=O)SC1CC(=O)N(c2cc(C)nn2-c2ccc(F)cc2)C1. The number of benzene rings is 1. The van der Waals surface area contributed by atoms with Crippen LogP contribution in [-0.2, 0) is 9.59 Å². The Morgan fingerprint density at radius 3 is 2.70 bits per heavy atom. The van der Waals surface area contributed by atoms with E-state index in [0.29, 0.717) is 24.5 Å². The molecule has 1 aromatic heterocycles. The fourth-order valence-corrected chi connectivity index (χ4v) is 3.58. The van der Waals surface area contributed by atoms with Crippen LogP contribution in [0.4, 0.5) is 10.2 Å². The van der Waals surface area contributed by atoms with Crippen LogP contribution in [-0.4, -0.2) is 32.6 Å². The van der Waals surface area contributed by atoms with Crippen molar-refractivity contribution in [2.45, 2.75) is 25.5 Å². The largest absolute Gasteiger partial charge is 0.296 e. The quantitative estimate of drug-likeness (QED) is 0.867. The average Bonchev–Trinajstić information content (AvgIpc) is 3.02. The highest BCUT2D eigenvalue weighted by Crippen LogP contribution is 2.30. The molecule has 1 aliphatic heterocycles. The Morgan fingerprint density at radius 2 is 2.04 bits per heavy atom. The van der Waals surface area contributed by atoms with Crippen molar-refractivity contribution in [3.05, 3.63) is 41.8 Å². The molecule has 0 bridgehead atoms. The number of amides is 1. The Balaban J connectivity index is 1.93. The second-order valence-electron chi connectivity index (χ2n) is 5.47. The number of rotatable bonds is 3. The molecule has 1 saturated heterocycles. The number of carbonyl (C=O) groups is 2. The lowest BCUT2D eigenvalue weighted by atomic mass is 10.3. The second kappa shape index (κ2) is 6.16. The summed E-state index contributed by atoms with van der Waals surface area (Å²) >= 11 is 1.19. The Hall–Kier alpha value is -2.15. The molecule has 0 saturated carbocycles. The van der Waals surface area contributed by atoms with E-state index in [1.165, 1.54) is 30.8 Å². The molecule has 1 atom stereocenters. The fraction of sp³-hybridized carbons (Fsp3) is 0.312. The van der Waals surface area contributed by atoms with E-state index in [2.05, 4.69) is 5.10 Å². The molecule has 2 heterocycles. The van der Waals surface area contributed by atoms with Crippen molar-refractivity contribution >= 4 is 28.6 Å². The fourth-order valence-electron chi connectivity index (χ4n) is 2.66. The molecule has 1 aliphatic rings. The van der Waals surface area contributed by atoms with Crippen LogP contribution >= 0.6 is 11.8 Å². The van der Waals surface area contributed by atoms with E-state index in [1.807, 2.05) is 13.0 Å². The number of carbonyl (C=O) groups excluding carboxylic acids is 2. The predicted octanol–water partition coefficient (Wildman–Crippen LogP) is 2.70. The summed E-state index contributed by atoms with van der Waals surface area (Å²) in [5.74, 6) is 0.284. The van der Waals surface area contributed by atoms with Gasteiger partial charge >= 0.3 is 0 Å². The van der Waals surface area contributed by atoms with Gasteiger partial charge in [-0.15, -0.1) is 0 Å². The second-order valence-corrected chi connectivity index (χ2v) is 6.95. The number of halogens is 1. The summed E-state index contributed by atoms with van der Waals surface area (Å²) in [4.78, 5) is 25.2. The molecule has 0 radical (unpaired) electrons. The molecular weight excluding hydrogens is 317 g/mol. The first-order valence-corrected chi connectivity index (χ1v) is 8.12. The van der Waals surface area contributed by atoms with Crippen LogP contribution in [0.5, 0.6) is 0 Å². The molecule has 3 rings (SSSR count). The molecule has 1 amide bonds. The van der Waals surface area contributed by atoms with Crippen LogP contribution in [0.15, 0.2) is 30.3 Å². The zero-order valence-electron chi connectivity index (χ0n) is 12.8. The van der Waals surface area contributed by atoms with E-state index < -0.39 is 0 Å². The standard InChI is InChI=1S/C16H16FN3O2S/c1-10-7-15(19-9-14(8-16(19)22)23-11(2)21)20(18-10)13-5-3-12(17)4-6-13/h3-7,14H,8-9H2,1-2H3. The normalized spacial score (nSPS) is 17.8. The molecule has 1 unspecified atom stereocenters. The van der Waals surface area contributed by atoms with E-state index in [0.717, 1.165) is 5.69 Å². The van der Waals surface area contributed by atoms with E-state index in [-0.39, 0.29) is 22.1 Å². The van der Waals surface area contributed by atoms with Crippen LogP contribution in [0.25, 0.3) is 5.69 Å². The summed E-state index contributed by atoms with van der Waals surface area (Å²) in [6, 6.07) is 7.77. The summed E-state index contributed by atoms with van der Waals surface area (Å²) < 4.78 is 14.7. The smallest absolute Gasteiger partial charge is 0.229 e. The van der Waals surface area contributed by atoms with Gasteiger partial charge in [-0.3, -0.25) is 14.5 Å². The summed E-state index contributed by atoms with van der Waals surface area (Å²) in [7, 11) is 0. The summed E-state index contributed by atoms with van der Waals surface area (Å²) in [6.45, 7) is 3.81. The lowest BCUT2D eigenvalue weighted by Gasteiger charge is -2.17. The lowest BCUT2D eigenvalue weighted by molar-refractivity contribution is -0.117. The molecule has 5 nitrogen and oxygen atoms in total. The van der Waals surface area contributed by atoms with Crippen molar-refractivity contribution in [2.24, 2.45) is 0 Å². The molecule has 1 aromatic carbocycles. The van der Waals surface area contributed by atoms with Gasteiger partial charge in [0.25, 0.3) is 0 Å². The van der Waals surface area contributed by atoms with Gasteiger partial charge in [-0.25, -0.2) is 9.07 Å². The molecule has 0 spiro atoms. The first kappa shape index (κ1) is 15.7. The van der Waals surface area contributed by atoms with Gasteiger partial charge in [-0.2, -0.15) is 5.10 Å². The molecule has 0 N–H and O–H groups in total. The highest BCUT2D eigenvalue weighted by Gasteiger charge is 2.34. The van der Waals surface area contributed by atoms with E-state index >= 15 is 0 Å². The number of hydrogen-bond acceptors (Lipinski definition) is 4. The number of nitrogens with zero attached hydrogens (tertiary/aromatic N) is 3. The number of aryl methyl sites for hydroxylation is 1. The molecule has 120 valence electrons. The van der Waals surface area contributed by atoms with Crippen molar-refractivity contribution in [1.82, 2.24) is 9.78 Å². The van der Waals surface area contributed by atoms with Gasteiger partial charge in [-0.05, 0) is 31.2 Å². The minimum absolute atomic E-state index is 0.00729. The Morgan fingerprint density at radius 1 is 1.35 bits per heavy atom. The van der Waals surface area contributed by atoms with E-state index in [1.54, 1.807) is 21.7 Å². The van der Waals surface area contributed by atoms with Crippen LogP contribution in [0.1, 0.15) is 19.0 Å². The molecular formula is C16H16FN3O2S. The summed E-state index contributed by atoms with van der Waals surface area (Å²) in [5.41, 5.74) is 1.45. The zero-order chi connectivity index (χ0) is 16.6. The van der Waals surface area contributed by atoms with Crippen LogP contribution in [0.3, 0.4) is 0 Å². The number of thioether (sulfide) groups is 1. The van der Waals surface area contributed by atoms with Gasteiger partial charge in [0.2, 0.25) is 5.91 Å². The van der Waals surface area contributed by atoms with E-state index in [4.69, 9.17) is 0 Å². The monoisotopic (exact) mass is 333 g/mol. The third-order valence-corrected chi connectivity index (χ3v) is 4.56. The number of anilines is 1. The lowest BCUT2D eigenvalue weighted by Crippen LogP contribution is -2.27. The van der Waals surface area contributed by atoms with Gasteiger partial charge in [0.1, 0.15) is 11.6 Å². The van der Waals surface area contributed by atoms with Crippen molar-refractivity contribution in [3.63, 3.8) is 0 Å². The van der Waals surface area contributed by atoms with E-state index in [9.17, 15) is 14.0 Å². The Labute approximate surface area is 137 Å². The van der Waals surface area contributed by atoms with Crippen LogP contribution < -0.4 is 4.90 Å². The van der Waals surface area contributed by atoms with Crippen LogP contribution in [0, 0.1) is 12.7 Å². The zero-order valence-corrected chi connectivity index (χ0v) is 13.6. The maximum atomic E-state index is 13.1. The number of aromatic nitrogens is 2. The number of hydrogen-bond donors (Lipinski definition) is 0. The van der Waals surface area contributed by atoms with Gasteiger partial charge in [0.15, 0.2) is 5.12 Å². The summed E-state index contributed by atoms with van der Waals surface area (Å²) in [5, 5.41) is 4.36. The van der Waals surface area contributed by atoms with Crippen molar-refractivity contribution in [1.29, 1.82) is 0 Å². The third kappa shape index (κ3) is 3.29. The molecule has 0 aliphatic carbocycles. The molecule has 2 aromatic rings. The van der Waals surface area contributed by atoms with Crippen molar-refractivity contribution in [2.75, 3.05) is 11.4 Å². The third-order valence-electron chi connectivity index (χ3n) is 3.58. The van der Waals surface area contributed by atoms with Crippen molar-refractivity contribution in [3.8, 4) is 5.69 Å². The van der Waals surface area contributed by atoms with Gasteiger partial charge in [-0.1, -0.05) is 11.8 Å². The topological polar surface area (TPSA) is 55.2 Å². The maximum Gasteiger partial charge on any atom is 0.229 e. The van der Waals surface area contributed by atoms with Gasteiger partial charge in [0.05, 0.1) is 11.4 Å². The highest BCUT2D eigenvalue weighted by molar-refractivity contribution is 8.14. The summed E-state index contributed by atoms with van der Waals surface area (Å²) in [6.07, 6.45) is 0.331. The van der Waals surface area contributed by atoms with Crippen molar-refractivity contribution < 1.29 is 14.0 Å². The van der Waals surface area contributed by atoms with Gasteiger partial charge in [0, 0.05) is 31.2 Å². The maximum absolute atomic E-state index is 13.1. The minimum Gasteiger partial charge on any atom is -0.296 e. The first-order valence-electron chi connectivity index (χ1n) is 7.24. The molecule has 7 heteroatoms. The molecule has 23 heavy (non-hydrogen) atoms. The Kier molecular flexibility index (Phi) is 4.21.